The molecule has 2 aromatic carbocycles. The van der Waals surface area contributed by atoms with Crippen LogP contribution in [0.3, 0.4) is 0 Å². The zero-order chi connectivity index (χ0) is 20.1. The number of hydrogen-bond donors (Lipinski definition) is 1. The van der Waals surface area contributed by atoms with Crippen LogP contribution in [-0.2, 0) is 12.8 Å². The molecular formula is C26H34N2. The highest BCUT2D eigenvalue weighted by molar-refractivity contribution is 5.37. The summed E-state index contributed by atoms with van der Waals surface area (Å²) in [5.74, 6) is 1.18. The van der Waals surface area contributed by atoms with Crippen LogP contribution < -0.4 is 0 Å². The maximum absolute atomic E-state index is 4.45. The van der Waals surface area contributed by atoms with Crippen LogP contribution in [0.1, 0.15) is 64.8 Å². The van der Waals surface area contributed by atoms with Gasteiger partial charge in [-0.25, -0.2) is 4.98 Å². The van der Waals surface area contributed by atoms with E-state index in [1.807, 2.05) is 6.20 Å². The Balaban J connectivity index is 1.81. The highest BCUT2D eigenvalue weighted by Gasteiger charge is 2.22. The molecule has 0 aliphatic heterocycles. The van der Waals surface area contributed by atoms with Crippen LogP contribution in [0, 0.1) is 33.6 Å². The van der Waals surface area contributed by atoms with Crippen molar-refractivity contribution in [3.05, 3.63) is 88.0 Å². The topological polar surface area (TPSA) is 28.7 Å². The maximum Gasteiger partial charge on any atom is 0.0923 e. The number of aromatic nitrogens is 2. The van der Waals surface area contributed by atoms with Crippen molar-refractivity contribution in [2.24, 2.45) is 5.92 Å². The molecule has 1 heterocycles. The Labute approximate surface area is 170 Å². The van der Waals surface area contributed by atoms with Gasteiger partial charge in [-0.05, 0) is 98.6 Å². The lowest BCUT2D eigenvalue weighted by Crippen LogP contribution is -2.15. The minimum absolute atomic E-state index is 0.546. The summed E-state index contributed by atoms with van der Waals surface area (Å²) in [5.41, 5.74) is 9.92. The Bertz CT molecular complexity index is 852. The second kappa shape index (κ2) is 9.23. The number of imidazole rings is 1. The summed E-state index contributed by atoms with van der Waals surface area (Å²) >= 11 is 0. The van der Waals surface area contributed by atoms with Crippen molar-refractivity contribution in [1.82, 2.24) is 9.97 Å². The molecule has 0 aliphatic carbocycles. The van der Waals surface area contributed by atoms with E-state index >= 15 is 0 Å². The van der Waals surface area contributed by atoms with Crippen LogP contribution in [0.15, 0.2) is 48.9 Å². The summed E-state index contributed by atoms with van der Waals surface area (Å²) < 4.78 is 0. The molecule has 2 heteroatoms. The molecular weight excluding hydrogens is 340 g/mol. The van der Waals surface area contributed by atoms with Crippen molar-refractivity contribution < 1.29 is 0 Å². The van der Waals surface area contributed by atoms with E-state index in [0.717, 1.165) is 12.8 Å². The fourth-order valence-corrected chi connectivity index (χ4v) is 4.76. The number of H-pyrrole nitrogens is 1. The summed E-state index contributed by atoms with van der Waals surface area (Å²) in [7, 11) is 0. The van der Waals surface area contributed by atoms with Gasteiger partial charge < -0.3 is 4.98 Å². The number of nitrogens with zero attached hydrogens (tertiary/aromatic N) is 1. The van der Waals surface area contributed by atoms with Crippen LogP contribution in [-0.4, -0.2) is 9.97 Å². The first kappa shape index (κ1) is 20.4. The Morgan fingerprint density at radius 2 is 1.39 bits per heavy atom. The molecule has 2 atom stereocenters. The Morgan fingerprint density at radius 1 is 0.821 bits per heavy atom. The molecule has 0 bridgehead atoms. The molecule has 1 aromatic heterocycles. The van der Waals surface area contributed by atoms with Crippen molar-refractivity contribution in [3.63, 3.8) is 0 Å². The van der Waals surface area contributed by atoms with Crippen molar-refractivity contribution in [3.8, 4) is 0 Å². The second-order valence-electron chi connectivity index (χ2n) is 8.36. The molecule has 3 rings (SSSR count). The lowest BCUT2D eigenvalue weighted by Gasteiger charge is -2.28. The minimum atomic E-state index is 0.546. The van der Waals surface area contributed by atoms with Crippen LogP contribution in [0.4, 0.5) is 0 Å². The number of rotatable bonds is 8. The monoisotopic (exact) mass is 374 g/mol. The van der Waals surface area contributed by atoms with E-state index in [1.54, 1.807) is 6.33 Å². The summed E-state index contributed by atoms with van der Waals surface area (Å²) in [6.07, 6.45) is 8.40. The van der Waals surface area contributed by atoms with Gasteiger partial charge in [0.15, 0.2) is 0 Å². The summed E-state index contributed by atoms with van der Waals surface area (Å²) in [5, 5.41) is 0. The molecule has 0 aliphatic rings. The first-order valence-corrected chi connectivity index (χ1v) is 10.6. The zero-order valence-electron chi connectivity index (χ0n) is 18.0. The molecule has 28 heavy (non-hydrogen) atoms. The molecule has 0 saturated carbocycles. The predicted octanol–water partition coefficient (Wildman–Crippen LogP) is 6.63. The van der Waals surface area contributed by atoms with Gasteiger partial charge in [-0.1, -0.05) is 43.3 Å². The van der Waals surface area contributed by atoms with Crippen molar-refractivity contribution in [2.45, 2.75) is 66.2 Å². The average Bonchev–Trinajstić information content (AvgIpc) is 3.17. The van der Waals surface area contributed by atoms with E-state index in [1.165, 1.54) is 51.9 Å². The Hall–Kier alpha value is -2.35. The SMILES string of the molecule is Cc1cccc(C)c1CCC(CCc1c[nH]cn1)C(C)c1c(C)cccc1C. The van der Waals surface area contributed by atoms with E-state index in [9.17, 15) is 0 Å². The summed E-state index contributed by atoms with van der Waals surface area (Å²) in [6.45, 7) is 11.4. The standard InChI is InChI=1S/C26H34N2/c1-18-8-6-9-19(2)25(18)15-13-23(12-14-24-16-27-17-28-24)22(5)26-20(3)10-7-11-21(26)4/h6-11,16-17,22-23H,12-15H2,1-5H3,(H,27,28). The van der Waals surface area contributed by atoms with Gasteiger partial charge in [0.2, 0.25) is 0 Å². The van der Waals surface area contributed by atoms with Gasteiger partial charge in [0.05, 0.1) is 12.0 Å². The lowest BCUT2D eigenvalue weighted by molar-refractivity contribution is 0.384. The molecule has 0 radical (unpaired) electrons. The average molecular weight is 375 g/mol. The van der Waals surface area contributed by atoms with E-state index in [-0.39, 0.29) is 0 Å². The molecule has 0 spiro atoms. The third kappa shape index (κ3) is 4.73. The smallest absolute Gasteiger partial charge is 0.0923 e. The molecule has 0 fully saturated rings. The number of hydrogen-bond acceptors (Lipinski definition) is 1. The first-order chi connectivity index (χ1) is 13.5. The van der Waals surface area contributed by atoms with Crippen LogP contribution in [0.25, 0.3) is 0 Å². The third-order valence-electron chi connectivity index (χ3n) is 6.44. The van der Waals surface area contributed by atoms with E-state index in [0.29, 0.717) is 11.8 Å². The van der Waals surface area contributed by atoms with Crippen LogP contribution >= 0.6 is 0 Å². The third-order valence-corrected chi connectivity index (χ3v) is 6.44. The molecule has 3 aromatic rings. The highest BCUT2D eigenvalue weighted by atomic mass is 14.9. The Morgan fingerprint density at radius 3 is 1.96 bits per heavy atom. The van der Waals surface area contributed by atoms with E-state index in [4.69, 9.17) is 0 Å². The summed E-state index contributed by atoms with van der Waals surface area (Å²) in [6, 6.07) is 13.4. The first-order valence-electron chi connectivity index (χ1n) is 10.6. The number of benzene rings is 2. The van der Waals surface area contributed by atoms with Gasteiger partial charge in [-0.2, -0.15) is 0 Å². The highest BCUT2D eigenvalue weighted by Crippen LogP contribution is 2.35. The van der Waals surface area contributed by atoms with Crippen molar-refractivity contribution >= 4 is 0 Å². The second-order valence-corrected chi connectivity index (χ2v) is 8.36. The largest absolute Gasteiger partial charge is 0.351 e. The summed E-state index contributed by atoms with van der Waals surface area (Å²) in [4.78, 5) is 7.54. The fourth-order valence-electron chi connectivity index (χ4n) is 4.76. The van der Waals surface area contributed by atoms with E-state index < -0.39 is 0 Å². The molecule has 0 saturated heterocycles. The normalized spacial score (nSPS) is 13.5. The quantitative estimate of drug-likeness (QED) is 0.471. The molecule has 0 amide bonds. The van der Waals surface area contributed by atoms with Gasteiger partial charge in [0.1, 0.15) is 0 Å². The van der Waals surface area contributed by atoms with Gasteiger partial charge in [0.25, 0.3) is 0 Å². The predicted molar refractivity (Wildman–Crippen MR) is 119 cm³/mol. The molecule has 1 N–H and O–H groups in total. The fraction of sp³-hybridized carbons (Fsp3) is 0.423. The number of aryl methyl sites for hydroxylation is 5. The number of aromatic amines is 1. The maximum atomic E-state index is 4.45. The van der Waals surface area contributed by atoms with Crippen molar-refractivity contribution in [1.29, 1.82) is 0 Å². The molecule has 2 nitrogen and oxygen atoms in total. The van der Waals surface area contributed by atoms with Crippen LogP contribution in [0.5, 0.6) is 0 Å². The minimum Gasteiger partial charge on any atom is -0.351 e. The van der Waals surface area contributed by atoms with E-state index in [2.05, 4.69) is 81.0 Å². The van der Waals surface area contributed by atoms with Gasteiger partial charge in [-0.3, -0.25) is 0 Å². The van der Waals surface area contributed by atoms with Crippen molar-refractivity contribution in [2.75, 3.05) is 0 Å². The van der Waals surface area contributed by atoms with Gasteiger partial charge >= 0.3 is 0 Å². The van der Waals surface area contributed by atoms with Crippen LogP contribution in [0.2, 0.25) is 0 Å². The van der Waals surface area contributed by atoms with Gasteiger partial charge in [-0.15, -0.1) is 0 Å². The lowest BCUT2D eigenvalue weighted by atomic mass is 9.77. The zero-order valence-corrected chi connectivity index (χ0v) is 18.0. The van der Waals surface area contributed by atoms with Gasteiger partial charge in [0, 0.05) is 6.20 Å². The number of nitrogens with one attached hydrogen (secondary N) is 1. The Kier molecular flexibility index (Phi) is 6.72. The molecule has 148 valence electrons. The molecule has 2 unspecified atom stereocenters.